The molecule has 2 aromatic carbocycles. The van der Waals surface area contributed by atoms with Gasteiger partial charge in [-0.25, -0.2) is 4.98 Å². The van der Waals surface area contributed by atoms with E-state index in [0.717, 1.165) is 16.9 Å². The van der Waals surface area contributed by atoms with Crippen LogP contribution in [-0.4, -0.2) is 41.0 Å². The predicted molar refractivity (Wildman–Crippen MR) is 133 cm³/mol. The van der Waals surface area contributed by atoms with Gasteiger partial charge in [-0.2, -0.15) is 0 Å². The number of imidazole rings is 1. The Bertz CT molecular complexity index is 1400. The Morgan fingerprint density at radius 1 is 1.11 bits per heavy atom. The maximum atomic E-state index is 12.6. The van der Waals surface area contributed by atoms with E-state index in [2.05, 4.69) is 10.3 Å². The molecule has 10 nitrogen and oxygen atoms in total. The minimum Gasteiger partial charge on any atom is -0.493 e. The Labute approximate surface area is 207 Å². The van der Waals surface area contributed by atoms with Crippen molar-refractivity contribution >= 4 is 17.2 Å². The highest BCUT2D eigenvalue weighted by Gasteiger charge is 2.19. The van der Waals surface area contributed by atoms with Crippen LogP contribution in [0.1, 0.15) is 27.2 Å². The summed E-state index contributed by atoms with van der Waals surface area (Å²) in [7, 11) is 2.87. The third kappa shape index (κ3) is 5.38. The number of hydrogen-bond acceptors (Lipinski definition) is 7. The van der Waals surface area contributed by atoms with Crippen molar-refractivity contribution in [1.29, 1.82) is 0 Å². The van der Waals surface area contributed by atoms with E-state index in [-0.39, 0.29) is 30.3 Å². The molecule has 0 saturated heterocycles. The lowest BCUT2D eigenvalue weighted by atomic mass is 10.1. The van der Waals surface area contributed by atoms with Gasteiger partial charge in [-0.05, 0) is 55.3 Å². The van der Waals surface area contributed by atoms with E-state index in [1.165, 1.54) is 20.3 Å². The Morgan fingerprint density at radius 3 is 2.50 bits per heavy atom. The molecule has 0 radical (unpaired) electrons. The molecule has 0 unspecified atom stereocenters. The number of nitrogens with one attached hydrogen (secondary N) is 1. The van der Waals surface area contributed by atoms with Gasteiger partial charge in [0, 0.05) is 30.1 Å². The van der Waals surface area contributed by atoms with Crippen molar-refractivity contribution in [2.24, 2.45) is 0 Å². The molecule has 0 fully saturated rings. The highest BCUT2D eigenvalue weighted by atomic mass is 16.6. The number of rotatable bonds is 10. The van der Waals surface area contributed by atoms with Crippen molar-refractivity contribution in [3.63, 3.8) is 0 Å². The molecule has 0 aliphatic heterocycles. The number of benzene rings is 2. The lowest BCUT2D eigenvalue weighted by Gasteiger charge is -2.11. The van der Waals surface area contributed by atoms with Crippen LogP contribution in [0.2, 0.25) is 0 Å². The summed E-state index contributed by atoms with van der Waals surface area (Å²) in [4.78, 5) is 28.1. The predicted octanol–water partition coefficient (Wildman–Crippen LogP) is 4.12. The number of pyridine rings is 1. The van der Waals surface area contributed by atoms with Gasteiger partial charge in [-0.15, -0.1) is 0 Å². The van der Waals surface area contributed by atoms with Crippen LogP contribution in [0.4, 0.5) is 5.69 Å². The molecule has 4 aromatic rings. The van der Waals surface area contributed by atoms with E-state index in [9.17, 15) is 14.9 Å². The molecule has 186 valence electrons. The van der Waals surface area contributed by atoms with Crippen LogP contribution < -0.4 is 19.5 Å². The van der Waals surface area contributed by atoms with Gasteiger partial charge in [-0.3, -0.25) is 14.9 Å². The van der Waals surface area contributed by atoms with E-state index >= 15 is 0 Å². The number of carbonyl (C=O) groups excluding carboxylic acids is 1. The maximum Gasteiger partial charge on any atom is 0.276 e. The average Bonchev–Trinajstić information content (AvgIpc) is 3.31. The summed E-state index contributed by atoms with van der Waals surface area (Å²) in [6.45, 7) is 2.52. The molecule has 10 heteroatoms. The monoisotopic (exact) mass is 490 g/mol. The molecule has 1 amide bonds. The van der Waals surface area contributed by atoms with Gasteiger partial charge >= 0.3 is 0 Å². The SMILES string of the molecule is COc1cc(CCNC(=O)c2ccc(OCc3cn4cccc(C)c4n3)cc2)c([N+](=O)[O-])cc1OC. The number of nitrogens with zero attached hydrogens (tertiary/aromatic N) is 3. The number of ether oxygens (including phenoxy) is 3. The van der Waals surface area contributed by atoms with Crippen LogP contribution in [0.3, 0.4) is 0 Å². The van der Waals surface area contributed by atoms with Gasteiger partial charge in [0.1, 0.15) is 18.0 Å². The van der Waals surface area contributed by atoms with E-state index in [4.69, 9.17) is 14.2 Å². The molecular weight excluding hydrogens is 464 g/mol. The fourth-order valence-corrected chi connectivity index (χ4v) is 3.83. The topological polar surface area (TPSA) is 117 Å². The Kier molecular flexibility index (Phi) is 7.33. The molecule has 0 atom stereocenters. The molecule has 1 N–H and O–H groups in total. The lowest BCUT2D eigenvalue weighted by molar-refractivity contribution is -0.385. The first kappa shape index (κ1) is 24.5. The summed E-state index contributed by atoms with van der Waals surface area (Å²) in [6.07, 6.45) is 4.12. The van der Waals surface area contributed by atoms with Gasteiger partial charge in [0.25, 0.3) is 11.6 Å². The second-order valence-electron chi connectivity index (χ2n) is 8.07. The summed E-state index contributed by atoms with van der Waals surface area (Å²) in [6, 6.07) is 13.6. The largest absolute Gasteiger partial charge is 0.493 e. The van der Waals surface area contributed by atoms with Gasteiger partial charge in [0.15, 0.2) is 11.5 Å². The van der Waals surface area contributed by atoms with Crippen molar-refractivity contribution in [3.8, 4) is 17.2 Å². The number of amides is 1. The molecular formula is C26H26N4O6. The van der Waals surface area contributed by atoms with Gasteiger partial charge in [0.05, 0.1) is 30.9 Å². The van der Waals surface area contributed by atoms with Crippen molar-refractivity contribution in [2.75, 3.05) is 20.8 Å². The smallest absolute Gasteiger partial charge is 0.276 e. The van der Waals surface area contributed by atoms with Crippen molar-refractivity contribution in [2.45, 2.75) is 20.0 Å². The number of nitro benzene ring substituents is 1. The lowest BCUT2D eigenvalue weighted by Crippen LogP contribution is -2.25. The van der Waals surface area contributed by atoms with Gasteiger partial charge < -0.3 is 23.9 Å². The first-order chi connectivity index (χ1) is 17.4. The van der Waals surface area contributed by atoms with Crippen LogP contribution in [0.15, 0.2) is 60.9 Å². The fourth-order valence-electron chi connectivity index (χ4n) is 3.83. The molecule has 36 heavy (non-hydrogen) atoms. The first-order valence-electron chi connectivity index (χ1n) is 11.2. The molecule has 0 aliphatic carbocycles. The standard InChI is InChI=1S/C26H26N4O6/c1-17-5-4-12-29-15-20(28-25(17)29)16-36-21-8-6-18(7-9-21)26(31)27-11-10-19-13-23(34-2)24(35-3)14-22(19)30(32)33/h4-9,12-15H,10-11,16H2,1-3H3,(H,27,31). The molecule has 0 bridgehead atoms. The average molecular weight is 491 g/mol. The van der Waals surface area contributed by atoms with E-state index in [0.29, 0.717) is 29.2 Å². The third-order valence-corrected chi connectivity index (χ3v) is 5.69. The number of nitro groups is 1. The third-order valence-electron chi connectivity index (χ3n) is 5.69. The first-order valence-corrected chi connectivity index (χ1v) is 11.2. The molecule has 0 spiro atoms. The summed E-state index contributed by atoms with van der Waals surface area (Å²) >= 11 is 0. The molecule has 0 saturated carbocycles. The van der Waals surface area contributed by atoms with E-state index in [1.54, 1.807) is 30.3 Å². The van der Waals surface area contributed by atoms with Crippen LogP contribution in [0, 0.1) is 17.0 Å². The maximum absolute atomic E-state index is 12.6. The van der Waals surface area contributed by atoms with Crippen LogP contribution in [-0.2, 0) is 13.0 Å². The Balaban J connectivity index is 1.33. The Morgan fingerprint density at radius 2 is 1.83 bits per heavy atom. The number of carbonyl (C=O) groups is 1. The Hall–Kier alpha value is -4.60. The van der Waals surface area contributed by atoms with Crippen LogP contribution in [0.25, 0.3) is 5.65 Å². The fraction of sp³-hybridized carbons (Fsp3) is 0.231. The van der Waals surface area contributed by atoms with E-state index in [1.807, 2.05) is 35.9 Å². The number of aryl methyl sites for hydroxylation is 1. The van der Waals surface area contributed by atoms with Gasteiger partial charge in [-0.1, -0.05) is 6.07 Å². The number of fused-ring (bicyclic) bond motifs is 1. The van der Waals surface area contributed by atoms with Crippen molar-refractivity contribution < 1.29 is 23.9 Å². The van der Waals surface area contributed by atoms with Crippen LogP contribution in [0.5, 0.6) is 17.2 Å². The second kappa shape index (κ2) is 10.8. The molecule has 4 rings (SSSR count). The summed E-state index contributed by atoms with van der Waals surface area (Å²) in [5, 5.41) is 14.2. The summed E-state index contributed by atoms with van der Waals surface area (Å²) in [5.41, 5.74) is 3.57. The molecule has 2 aromatic heterocycles. The minimum absolute atomic E-state index is 0.0934. The number of methoxy groups -OCH3 is 2. The number of aromatic nitrogens is 2. The zero-order chi connectivity index (χ0) is 25.7. The van der Waals surface area contributed by atoms with E-state index < -0.39 is 4.92 Å². The van der Waals surface area contributed by atoms with Crippen molar-refractivity contribution in [3.05, 3.63) is 93.4 Å². The highest BCUT2D eigenvalue weighted by Crippen LogP contribution is 2.34. The quantitative estimate of drug-likeness (QED) is 0.262. The number of hydrogen-bond donors (Lipinski definition) is 1. The minimum atomic E-state index is -0.481. The van der Waals surface area contributed by atoms with Gasteiger partial charge in [0.2, 0.25) is 0 Å². The van der Waals surface area contributed by atoms with Crippen molar-refractivity contribution in [1.82, 2.24) is 14.7 Å². The normalized spacial score (nSPS) is 10.8. The summed E-state index contributed by atoms with van der Waals surface area (Å²) < 4.78 is 18.1. The highest BCUT2D eigenvalue weighted by molar-refractivity contribution is 5.94. The molecule has 2 heterocycles. The zero-order valence-corrected chi connectivity index (χ0v) is 20.2. The zero-order valence-electron chi connectivity index (χ0n) is 20.2. The second-order valence-corrected chi connectivity index (χ2v) is 8.07. The summed E-state index contributed by atoms with van der Waals surface area (Å²) in [5.74, 6) is 0.983. The van der Waals surface area contributed by atoms with Crippen LogP contribution >= 0.6 is 0 Å². The molecule has 0 aliphatic rings.